The van der Waals surface area contributed by atoms with Gasteiger partial charge in [-0.25, -0.2) is 13.5 Å². The summed E-state index contributed by atoms with van der Waals surface area (Å²) in [7, 11) is 0. The topological polar surface area (TPSA) is 25.9 Å². The number of carbonyl (C=O) groups excluding carboxylic acids is 1. The Morgan fingerprint density at radius 1 is 0.885 bits per heavy atom. The number of ketones is 1. The van der Waals surface area contributed by atoms with Gasteiger partial charge in [0.25, 0.3) is 0 Å². The van der Waals surface area contributed by atoms with Crippen LogP contribution in [-0.4, -0.2) is 10.4 Å². The van der Waals surface area contributed by atoms with Gasteiger partial charge in [-0.3, -0.25) is 4.79 Å². The average molecular weight is 345 g/mol. The first-order valence-electron chi connectivity index (χ1n) is 8.51. The van der Waals surface area contributed by atoms with E-state index in [1.54, 1.807) is 0 Å². The number of benzene rings is 3. The van der Waals surface area contributed by atoms with Crippen LogP contribution in [0.15, 0.2) is 85.2 Å². The number of Topliss-reactive ketones (excluding diaryl/α,β-unsaturated/α-hetero) is 1. The first-order chi connectivity index (χ1) is 12.7. The monoisotopic (exact) mass is 345 g/mol. The van der Waals surface area contributed by atoms with E-state index in [9.17, 15) is 9.18 Å². The van der Waals surface area contributed by atoms with Crippen LogP contribution in [0.5, 0.6) is 0 Å². The quantitative estimate of drug-likeness (QED) is 0.397. The van der Waals surface area contributed by atoms with Crippen molar-refractivity contribution in [3.8, 4) is 0 Å². The fraction of sp³-hybridized carbons (Fsp3) is 0.0909. The van der Waals surface area contributed by atoms with Gasteiger partial charge in [-0.1, -0.05) is 42.5 Å². The molecule has 3 nitrogen and oxygen atoms in total. The second-order valence-corrected chi connectivity index (χ2v) is 6.28. The molecular formula is C22H18FN2O+. The molecule has 128 valence electrons. The molecule has 4 heteroatoms. The van der Waals surface area contributed by atoms with Gasteiger partial charge in [-0.05, 0) is 42.0 Å². The van der Waals surface area contributed by atoms with Crippen LogP contribution in [0.2, 0.25) is 0 Å². The normalized spacial score (nSPS) is 11.0. The Morgan fingerprint density at radius 2 is 1.58 bits per heavy atom. The number of nitrogens with zero attached hydrogens (tertiary/aromatic N) is 2. The summed E-state index contributed by atoms with van der Waals surface area (Å²) in [6.45, 7) is 0.951. The molecule has 4 aromatic rings. The van der Waals surface area contributed by atoms with Gasteiger partial charge in [0.15, 0.2) is 17.6 Å². The van der Waals surface area contributed by atoms with E-state index in [0.29, 0.717) is 5.56 Å². The molecule has 0 bridgehead atoms. The largest absolute Gasteiger partial charge is 0.290 e. The minimum absolute atomic E-state index is 0.0439. The van der Waals surface area contributed by atoms with E-state index in [1.807, 2.05) is 47.3 Å². The number of hydrogen-bond acceptors (Lipinski definition) is 1. The van der Waals surface area contributed by atoms with Crippen LogP contribution in [0.4, 0.5) is 4.39 Å². The average Bonchev–Trinajstić information content (AvgIpc) is 3.01. The third-order valence-corrected chi connectivity index (χ3v) is 4.46. The molecule has 3 aromatic carbocycles. The Labute approximate surface area is 150 Å². The van der Waals surface area contributed by atoms with Gasteiger partial charge < -0.3 is 0 Å². The van der Waals surface area contributed by atoms with Crippen molar-refractivity contribution < 1.29 is 13.8 Å². The van der Waals surface area contributed by atoms with Crippen LogP contribution in [0, 0.1) is 5.82 Å². The molecule has 0 unspecified atom stereocenters. The number of halogens is 1. The predicted octanol–water partition coefficient (Wildman–Crippen LogP) is 4.00. The maximum absolute atomic E-state index is 13.1. The van der Waals surface area contributed by atoms with E-state index >= 15 is 0 Å². The van der Waals surface area contributed by atoms with Crippen molar-refractivity contribution in [1.82, 2.24) is 4.57 Å². The van der Waals surface area contributed by atoms with Crippen LogP contribution in [0.25, 0.3) is 11.0 Å². The molecule has 26 heavy (non-hydrogen) atoms. The number of hydrogen-bond donors (Lipinski definition) is 0. The highest BCUT2D eigenvalue weighted by Gasteiger charge is 2.18. The maximum atomic E-state index is 13.1. The van der Waals surface area contributed by atoms with Gasteiger partial charge >= 0.3 is 0 Å². The van der Waals surface area contributed by atoms with Gasteiger partial charge in [-0.15, -0.1) is 0 Å². The molecule has 0 fully saturated rings. The summed E-state index contributed by atoms with van der Waals surface area (Å²) in [6.07, 6.45) is 1.97. The molecule has 0 aliphatic rings. The first-order valence-corrected chi connectivity index (χ1v) is 8.51. The lowest BCUT2D eigenvalue weighted by Crippen LogP contribution is -2.33. The summed E-state index contributed by atoms with van der Waals surface area (Å²) < 4.78 is 17.2. The SMILES string of the molecule is O=C(Cn1c[n+](Cc2ccccc2)c2ccccc21)c1ccc(F)cc1. The van der Waals surface area contributed by atoms with E-state index in [4.69, 9.17) is 0 Å². The smallest absolute Gasteiger partial charge is 0.245 e. The predicted molar refractivity (Wildman–Crippen MR) is 98.4 cm³/mol. The number of fused-ring (bicyclic) bond motifs is 1. The van der Waals surface area contributed by atoms with Crippen molar-refractivity contribution in [2.45, 2.75) is 13.1 Å². The van der Waals surface area contributed by atoms with E-state index in [2.05, 4.69) is 22.8 Å². The highest BCUT2D eigenvalue weighted by molar-refractivity contribution is 5.96. The van der Waals surface area contributed by atoms with E-state index in [-0.39, 0.29) is 18.1 Å². The minimum Gasteiger partial charge on any atom is -0.290 e. The van der Waals surface area contributed by atoms with E-state index in [0.717, 1.165) is 17.6 Å². The third-order valence-electron chi connectivity index (χ3n) is 4.46. The van der Waals surface area contributed by atoms with Crippen molar-refractivity contribution in [2.24, 2.45) is 0 Å². The zero-order valence-electron chi connectivity index (χ0n) is 14.2. The molecule has 4 rings (SSSR count). The van der Waals surface area contributed by atoms with Crippen LogP contribution in [-0.2, 0) is 13.1 Å². The van der Waals surface area contributed by atoms with Crippen LogP contribution in [0.1, 0.15) is 15.9 Å². The molecular weight excluding hydrogens is 327 g/mol. The van der Waals surface area contributed by atoms with Gasteiger partial charge in [0.05, 0.1) is 0 Å². The van der Waals surface area contributed by atoms with Crippen LogP contribution < -0.4 is 4.57 Å². The summed E-state index contributed by atoms with van der Waals surface area (Å²) in [6, 6.07) is 23.9. The fourth-order valence-corrected chi connectivity index (χ4v) is 3.16. The molecule has 0 atom stereocenters. The number of carbonyl (C=O) groups is 1. The Hall–Kier alpha value is -3.27. The molecule has 0 saturated carbocycles. The highest BCUT2D eigenvalue weighted by atomic mass is 19.1. The zero-order chi connectivity index (χ0) is 17.9. The van der Waals surface area contributed by atoms with Crippen molar-refractivity contribution in [3.63, 3.8) is 0 Å². The first kappa shape index (κ1) is 16.2. The molecule has 0 spiro atoms. The lowest BCUT2D eigenvalue weighted by atomic mass is 10.1. The number of para-hydroxylation sites is 2. The lowest BCUT2D eigenvalue weighted by molar-refractivity contribution is -0.663. The maximum Gasteiger partial charge on any atom is 0.245 e. The molecule has 0 radical (unpaired) electrons. The Kier molecular flexibility index (Phi) is 4.32. The second-order valence-electron chi connectivity index (χ2n) is 6.28. The highest BCUT2D eigenvalue weighted by Crippen LogP contribution is 2.13. The summed E-state index contributed by atoms with van der Waals surface area (Å²) in [5.74, 6) is -0.383. The number of imidazole rings is 1. The lowest BCUT2D eigenvalue weighted by Gasteiger charge is -1.99. The molecule has 1 aromatic heterocycles. The van der Waals surface area contributed by atoms with Crippen molar-refractivity contribution in [3.05, 3.63) is 102 Å². The van der Waals surface area contributed by atoms with Crippen molar-refractivity contribution in [1.29, 1.82) is 0 Å². The Balaban J connectivity index is 1.67. The van der Waals surface area contributed by atoms with Gasteiger partial charge in [-0.2, -0.15) is 0 Å². The second kappa shape index (κ2) is 6.92. The van der Waals surface area contributed by atoms with Crippen LogP contribution in [0.3, 0.4) is 0 Å². The van der Waals surface area contributed by atoms with E-state index < -0.39 is 0 Å². The fourth-order valence-electron chi connectivity index (χ4n) is 3.16. The number of rotatable bonds is 5. The molecule has 0 amide bonds. The molecule has 1 heterocycles. The standard InChI is InChI=1S/C22H18FN2O/c23-19-12-10-18(11-13-19)22(26)15-25-16-24(14-17-6-2-1-3-7-17)20-8-4-5-9-21(20)25/h1-13,16H,14-15H2/q+1. The summed E-state index contributed by atoms with van der Waals surface area (Å²) in [4.78, 5) is 12.6. The van der Waals surface area contributed by atoms with Gasteiger partial charge in [0.1, 0.15) is 12.4 Å². The molecule has 0 N–H and O–H groups in total. The summed E-state index contributed by atoms with van der Waals surface area (Å²) in [5.41, 5.74) is 3.78. The zero-order valence-corrected chi connectivity index (χ0v) is 14.2. The summed E-state index contributed by atoms with van der Waals surface area (Å²) >= 11 is 0. The third kappa shape index (κ3) is 3.26. The molecule has 0 aliphatic carbocycles. The van der Waals surface area contributed by atoms with Crippen LogP contribution >= 0.6 is 0 Å². The van der Waals surface area contributed by atoms with Crippen molar-refractivity contribution in [2.75, 3.05) is 0 Å². The Bertz CT molecular complexity index is 1050. The molecule has 0 saturated heterocycles. The molecule has 0 aliphatic heterocycles. The van der Waals surface area contributed by atoms with E-state index in [1.165, 1.54) is 29.8 Å². The summed E-state index contributed by atoms with van der Waals surface area (Å²) in [5, 5.41) is 0. The minimum atomic E-state index is -0.339. The van der Waals surface area contributed by atoms with Gasteiger partial charge in [0, 0.05) is 5.56 Å². The van der Waals surface area contributed by atoms with Gasteiger partial charge in [0.2, 0.25) is 12.1 Å². The number of aromatic nitrogens is 2. The Morgan fingerprint density at radius 3 is 2.35 bits per heavy atom. The van der Waals surface area contributed by atoms with Crippen molar-refractivity contribution >= 4 is 16.8 Å².